The van der Waals surface area contributed by atoms with E-state index in [0.717, 1.165) is 0 Å². The van der Waals surface area contributed by atoms with E-state index in [0.29, 0.717) is 31.2 Å². The van der Waals surface area contributed by atoms with E-state index in [1.807, 2.05) is 4.90 Å². The molecule has 0 bridgehead atoms. The minimum absolute atomic E-state index is 0.169. The van der Waals surface area contributed by atoms with Gasteiger partial charge in [-0.15, -0.1) is 0 Å². The lowest BCUT2D eigenvalue weighted by Gasteiger charge is -2.16. The van der Waals surface area contributed by atoms with Crippen LogP contribution >= 0.6 is 0 Å². The molecule has 1 unspecified atom stereocenters. The van der Waals surface area contributed by atoms with Crippen LogP contribution in [0.4, 0.5) is 15.5 Å². The van der Waals surface area contributed by atoms with Crippen LogP contribution in [0, 0.1) is 0 Å². The van der Waals surface area contributed by atoms with Crippen LogP contribution in [0.15, 0.2) is 18.0 Å². The Kier molecular flexibility index (Phi) is 4.02. The van der Waals surface area contributed by atoms with Crippen LogP contribution in [0.2, 0.25) is 0 Å². The van der Waals surface area contributed by atoms with Crippen molar-refractivity contribution in [3.63, 3.8) is 0 Å². The van der Waals surface area contributed by atoms with Crippen molar-refractivity contribution in [1.82, 2.24) is 25.5 Å². The summed E-state index contributed by atoms with van der Waals surface area (Å²) in [5, 5.41) is 13.4. The van der Waals surface area contributed by atoms with Crippen LogP contribution in [0.1, 0.15) is 12.1 Å². The predicted molar refractivity (Wildman–Crippen MR) is 83.1 cm³/mol. The second kappa shape index (κ2) is 6.14. The molecule has 3 rings (SSSR count). The molecule has 4 amide bonds. The number of rotatable bonds is 3. The molecule has 1 aromatic rings. The second-order valence-electron chi connectivity index (χ2n) is 5.51. The van der Waals surface area contributed by atoms with Crippen molar-refractivity contribution >= 4 is 30.1 Å². The summed E-state index contributed by atoms with van der Waals surface area (Å²) in [6.45, 7) is 1.11. The maximum atomic E-state index is 11.7. The summed E-state index contributed by atoms with van der Waals surface area (Å²) in [6, 6.07) is 0.976. The summed E-state index contributed by atoms with van der Waals surface area (Å²) >= 11 is 0. The Balaban J connectivity index is 1.77. The van der Waals surface area contributed by atoms with E-state index in [-0.39, 0.29) is 11.7 Å². The summed E-state index contributed by atoms with van der Waals surface area (Å²) in [5.74, 6) is -0.0269. The molecule has 10 heteroatoms. The Morgan fingerprint density at radius 2 is 2.29 bits per heavy atom. The molecule has 2 aliphatic rings. The Hall–Kier alpha value is -3.17. The topological polar surface area (TPSA) is 128 Å². The van der Waals surface area contributed by atoms with Gasteiger partial charge in [0.05, 0.1) is 11.7 Å². The Labute approximate surface area is 137 Å². The van der Waals surface area contributed by atoms with Gasteiger partial charge in [-0.05, 0) is 18.6 Å². The highest BCUT2D eigenvalue weighted by Crippen LogP contribution is 2.18. The van der Waals surface area contributed by atoms with Gasteiger partial charge in [0.25, 0.3) is 5.91 Å². The molecule has 0 aromatic carbocycles. The van der Waals surface area contributed by atoms with Crippen molar-refractivity contribution in [2.45, 2.75) is 12.5 Å². The normalized spacial score (nSPS) is 22.2. The van der Waals surface area contributed by atoms with E-state index in [1.165, 1.54) is 18.0 Å². The van der Waals surface area contributed by atoms with Gasteiger partial charge in [0.1, 0.15) is 5.70 Å². The van der Waals surface area contributed by atoms with Crippen LogP contribution in [-0.4, -0.2) is 64.2 Å². The Morgan fingerprint density at radius 1 is 1.50 bits per heavy atom. The minimum Gasteiger partial charge on any atom is -0.465 e. The predicted octanol–water partition coefficient (Wildman–Crippen LogP) is -0.155. The largest absolute Gasteiger partial charge is 0.465 e. The lowest BCUT2D eigenvalue weighted by molar-refractivity contribution is -0.115. The van der Waals surface area contributed by atoms with Crippen molar-refractivity contribution in [1.29, 1.82) is 0 Å². The minimum atomic E-state index is -1.05. The van der Waals surface area contributed by atoms with Crippen LogP contribution in [0.5, 0.6) is 0 Å². The zero-order valence-corrected chi connectivity index (χ0v) is 12.9. The van der Waals surface area contributed by atoms with E-state index >= 15 is 0 Å². The van der Waals surface area contributed by atoms with Gasteiger partial charge in [-0.1, -0.05) is 0 Å². The van der Waals surface area contributed by atoms with Crippen LogP contribution in [0.25, 0.3) is 6.08 Å². The molecule has 0 aliphatic carbocycles. The van der Waals surface area contributed by atoms with E-state index in [1.54, 1.807) is 12.3 Å². The third-order valence-electron chi connectivity index (χ3n) is 3.87. The lowest BCUT2D eigenvalue weighted by Crippen LogP contribution is -2.36. The van der Waals surface area contributed by atoms with Crippen molar-refractivity contribution in [3.05, 3.63) is 23.7 Å². The van der Waals surface area contributed by atoms with Crippen molar-refractivity contribution in [2.75, 3.05) is 25.0 Å². The van der Waals surface area contributed by atoms with Gasteiger partial charge in [0.15, 0.2) is 0 Å². The molecule has 1 aromatic heterocycles. The number of hydrogen-bond acceptors (Lipinski definition) is 6. The number of nitrogens with one attached hydrogen (secondary N) is 2. The maximum Gasteiger partial charge on any atom is 0.404 e. The Bertz CT molecular complexity index is 734. The van der Waals surface area contributed by atoms with Crippen molar-refractivity contribution in [3.8, 4) is 0 Å². The molecule has 3 N–H and O–H groups in total. The van der Waals surface area contributed by atoms with Crippen LogP contribution in [-0.2, 0) is 4.79 Å². The first-order valence-corrected chi connectivity index (χ1v) is 7.32. The van der Waals surface area contributed by atoms with Crippen LogP contribution < -0.4 is 15.5 Å². The SMILES string of the molecule is CN1C(=O)NC(=O)C1=Cc1ccnc(N2CCC(NC(=O)O)C2)n1. The van der Waals surface area contributed by atoms with Gasteiger partial charge in [-0.25, -0.2) is 19.6 Å². The number of hydrogen-bond donors (Lipinski definition) is 3. The highest BCUT2D eigenvalue weighted by atomic mass is 16.4. The standard InChI is InChI=1S/C14H16N6O4/c1-19-10(11(21)18-13(19)22)6-8-2-4-15-12(16-8)20-5-3-9(7-20)17-14(23)24/h2,4,6,9,17H,3,5,7H2,1H3,(H,23,24)(H,18,21,22). The third-order valence-corrected chi connectivity index (χ3v) is 3.87. The molecule has 1 atom stereocenters. The fourth-order valence-electron chi connectivity index (χ4n) is 2.64. The number of nitrogens with zero attached hydrogens (tertiary/aromatic N) is 4. The summed E-state index contributed by atoms with van der Waals surface area (Å²) in [4.78, 5) is 45.5. The summed E-state index contributed by atoms with van der Waals surface area (Å²) in [7, 11) is 1.50. The van der Waals surface area contributed by atoms with Gasteiger partial charge >= 0.3 is 12.1 Å². The molecule has 10 nitrogen and oxygen atoms in total. The molecule has 3 heterocycles. The number of amides is 4. The highest BCUT2D eigenvalue weighted by Gasteiger charge is 2.30. The van der Waals surface area contributed by atoms with Gasteiger partial charge < -0.3 is 15.3 Å². The number of carbonyl (C=O) groups is 3. The lowest BCUT2D eigenvalue weighted by atomic mass is 10.3. The zero-order chi connectivity index (χ0) is 17.3. The summed E-state index contributed by atoms with van der Waals surface area (Å²) < 4.78 is 0. The first-order valence-electron chi connectivity index (χ1n) is 7.32. The molecular weight excluding hydrogens is 316 g/mol. The number of aromatic nitrogens is 2. The zero-order valence-electron chi connectivity index (χ0n) is 12.9. The molecule has 126 valence electrons. The molecular formula is C14H16N6O4. The van der Waals surface area contributed by atoms with Crippen molar-refractivity contribution < 1.29 is 19.5 Å². The van der Waals surface area contributed by atoms with E-state index in [2.05, 4.69) is 20.6 Å². The fraction of sp³-hybridized carbons (Fsp3) is 0.357. The summed E-state index contributed by atoms with van der Waals surface area (Å²) in [6.07, 6.45) is 2.68. The second-order valence-corrected chi connectivity index (χ2v) is 5.51. The van der Waals surface area contributed by atoms with Crippen molar-refractivity contribution in [2.24, 2.45) is 0 Å². The molecule has 0 radical (unpaired) electrons. The average molecular weight is 332 g/mol. The molecule has 2 aliphatic heterocycles. The molecule has 2 fully saturated rings. The van der Waals surface area contributed by atoms with E-state index in [4.69, 9.17) is 5.11 Å². The maximum absolute atomic E-state index is 11.7. The molecule has 24 heavy (non-hydrogen) atoms. The quantitative estimate of drug-likeness (QED) is 0.518. The number of carboxylic acid groups (broad SMARTS) is 1. The van der Waals surface area contributed by atoms with Gasteiger partial charge in [0, 0.05) is 26.3 Å². The monoisotopic (exact) mass is 332 g/mol. The highest BCUT2D eigenvalue weighted by molar-refractivity contribution is 6.13. The number of anilines is 1. The fourth-order valence-corrected chi connectivity index (χ4v) is 2.64. The smallest absolute Gasteiger partial charge is 0.404 e. The van der Waals surface area contributed by atoms with E-state index in [9.17, 15) is 14.4 Å². The number of carbonyl (C=O) groups excluding carboxylic acids is 2. The average Bonchev–Trinajstić information content (AvgIpc) is 3.08. The van der Waals surface area contributed by atoms with E-state index < -0.39 is 18.0 Å². The summed E-state index contributed by atoms with van der Waals surface area (Å²) in [5.41, 5.74) is 0.692. The van der Waals surface area contributed by atoms with Gasteiger partial charge in [0.2, 0.25) is 5.95 Å². The third kappa shape index (κ3) is 3.12. The van der Waals surface area contributed by atoms with Crippen LogP contribution in [0.3, 0.4) is 0 Å². The Morgan fingerprint density at radius 3 is 2.96 bits per heavy atom. The molecule has 0 saturated carbocycles. The molecule has 2 saturated heterocycles. The van der Waals surface area contributed by atoms with Gasteiger partial charge in [-0.2, -0.15) is 0 Å². The molecule has 0 spiro atoms. The first kappa shape index (κ1) is 15.7. The first-order chi connectivity index (χ1) is 11.4. The number of urea groups is 1. The number of imide groups is 1. The number of likely N-dealkylation sites (N-methyl/N-ethyl adjacent to an activating group) is 1. The van der Waals surface area contributed by atoms with Gasteiger partial charge in [-0.3, -0.25) is 15.0 Å².